The first-order valence-electron chi connectivity index (χ1n) is 8.57. The number of benzene rings is 2. The van der Waals surface area contributed by atoms with E-state index < -0.39 is 35.3 Å². The van der Waals surface area contributed by atoms with Crippen molar-refractivity contribution in [2.75, 3.05) is 21.3 Å². The topological polar surface area (TPSA) is 93.1 Å². The molecule has 2 aromatic rings. The molecule has 1 aliphatic heterocycles. The number of ketones is 1. The number of rotatable bonds is 4. The molecule has 1 saturated heterocycles. The summed E-state index contributed by atoms with van der Waals surface area (Å²) in [5.74, 6) is -3.47. The number of nitrogens with zero attached hydrogens (tertiary/aromatic N) is 1. The number of halogens is 1. The van der Waals surface area contributed by atoms with Crippen LogP contribution in [-0.2, 0) is 14.3 Å². The fraction of sp³-hybridized carbons (Fsp3) is 0.190. The summed E-state index contributed by atoms with van der Waals surface area (Å²) in [6.07, 6.45) is 0. The van der Waals surface area contributed by atoms with Gasteiger partial charge in [-0.25, -0.2) is 9.18 Å². The summed E-state index contributed by atoms with van der Waals surface area (Å²) >= 11 is 0. The number of aliphatic hydroxyl groups excluding tert-OH is 1. The molecular weight excluding hydrogens is 381 g/mol. The molecule has 1 fully saturated rings. The molecule has 2 aromatic carbocycles. The molecule has 0 aromatic heterocycles. The van der Waals surface area contributed by atoms with Crippen LogP contribution in [0.25, 0.3) is 5.76 Å². The molecule has 1 N–H and O–H groups in total. The number of methoxy groups -OCH3 is 2. The second kappa shape index (κ2) is 7.75. The Morgan fingerprint density at radius 1 is 1.07 bits per heavy atom. The van der Waals surface area contributed by atoms with E-state index in [1.165, 1.54) is 50.4 Å². The average Bonchev–Trinajstić information content (AvgIpc) is 2.96. The van der Waals surface area contributed by atoms with Gasteiger partial charge in [-0.3, -0.25) is 9.59 Å². The van der Waals surface area contributed by atoms with E-state index >= 15 is 0 Å². The van der Waals surface area contributed by atoms with Gasteiger partial charge < -0.3 is 19.5 Å². The molecule has 1 amide bonds. The SMILES string of the molecule is COC(=O)c1ccc(C2/C(=C(\O)c3ccc(OC)c(F)c3)C(=O)C(=O)N2C)cc1. The van der Waals surface area contributed by atoms with E-state index in [1.807, 2.05) is 0 Å². The zero-order chi connectivity index (χ0) is 21.3. The predicted molar refractivity (Wildman–Crippen MR) is 101 cm³/mol. The van der Waals surface area contributed by atoms with Crippen molar-refractivity contribution in [1.29, 1.82) is 0 Å². The standard InChI is InChI=1S/C21H18FNO6/c1-23-17(11-4-6-12(7-5-11)21(27)29-3)16(19(25)20(23)26)18(24)13-8-9-15(28-2)14(22)10-13/h4-10,17,24H,1-3H3/b18-16+. The first-order chi connectivity index (χ1) is 13.8. The van der Waals surface area contributed by atoms with Crippen molar-refractivity contribution >= 4 is 23.4 Å². The maximum absolute atomic E-state index is 14.1. The molecule has 29 heavy (non-hydrogen) atoms. The van der Waals surface area contributed by atoms with Crippen LogP contribution < -0.4 is 4.74 Å². The highest BCUT2D eigenvalue weighted by atomic mass is 19.1. The van der Waals surface area contributed by atoms with E-state index in [9.17, 15) is 23.9 Å². The minimum absolute atomic E-state index is 0.0209. The average molecular weight is 399 g/mol. The number of carbonyl (C=O) groups is 3. The molecule has 1 aliphatic rings. The Hall–Kier alpha value is -3.68. The molecule has 0 bridgehead atoms. The molecule has 0 aliphatic carbocycles. The van der Waals surface area contributed by atoms with Crippen molar-refractivity contribution in [3.8, 4) is 5.75 Å². The number of ether oxygens (including phenoxy) is 2. The quantitative estimate of drug-likeness (QED) is 0.368. The first-order valence-corrected chi connectivity index (χ1v) is 8.57. The van der Waals surface area contributed by atoms with E-state index in [0.717, 1.165) is 6.07 Å². The molecule has 0 spiro atoms. The molecule has 0 radical (unpaired) electrons. The van der Waals surface area contributed by atoms with Gasteiger partial charge in [0.1, 0.15) is 5.76 Å². The van der Waals surface area contributed by atoms with Crippen LogP contribution >= 0.6 is 0 Å². The van der Waals surface area contributed by atoms with E-state index in [1.54, 1.807) is 12.1 Å². The van der Waals surface area contributed by atoms with Crippen LogP contribution in [0.4, 0.5) is 4.39 Å². The van der Waals surface area contributed by atoms with E-state index in [0.29, 0.717) is 11.1 Å². The summed E-state index contributed by atoms with van der Waals surface area (Å²) in [4.78, 5) is 37.6. The largest absolute Gasteiger partial charge is 0.507 e. The maximum atomic E-state index is 14.1. The van der Waals surface area contributed by atoms with Crippen molar-refractivity contribution < 1.29 is 33.4 Å². The zero-order valence-corrected chi connectivity index (χ0v) is 15.9. The first kappa shape index (κ1) is 20.1. The Morgan fingerprint density at radius 2 is 1.69 bits per heavy atom. The van der Waals surface area contributed by atoms with Crippen molar-refractivity contribution in [2.45, 2.75) is 6.04 Å². The van der Waals surface area contributed by atoms with E-state index in [4.69, 9.17) is 4.74 Å². The van der Waals surface area contributed by atoms with Crippen LogP contribution in [0.1, 0.15) is 27.5 Å². The number of hydrogen-bond donors (Lipinski definition) is 1. The molecule has 150 valence electrons. The van der Waals surface area contributed by atoms with Gasteiger partial charge in [-0.2, -0.15) is 0 Å². The third kappa shape index (κ3) is 3.44. The van der Waals surface area contributed by atoms with Gasteiger partial charge >= 0.3 is 5.97 Å². The van der Waals surface area contributed by atoms with Crippen LogP contribution in [0.15, 0.2) is 48.0 Å². The third-order valence-corrected chi connectivity index (χ3v) is 4.75. The maximum Gasteiger partial charge on any atom is 0.337 e. The minimum Gasteiger partial charge on any atom is -0.507 e. The Balaban J connectivity index is 2.10. The lowest BCUT2D eigenvalue weighted by Crippen LogP contribution is -2.24. The van der Waals surface area contributed by atoms with Crippen LogP contribution in [0.3, 0.4) is 0 Å². The summed E-state index contributed by atoms with van der Waals surface area (Å²) in [7, 11) is 3.98. The molecule has 0 saturated carbocycles. The van der Waals surface area contributed by atoms with Gasteiger partial charge in [-0.1, -0.05) is 12.1 Å². The number of Topliss-reactive ketones (excluding diaryl/α,β-unsaturated/α-hetero) is 1. The molecule has 1 unspecified atom stereocenters. The second-order valence-corrected chi connectivity index (χ2v) is 6.37. The smallest absolute Gasteiger partial charge is 0.337 e. The highest BCUT2D eigenvalue weighted by Crippen LogP contribution is 2.38. The molecule has 3 rings (SSSR count). The van der Waals surface area contributed by atoms with Crippen molar-refractivity contribution in [1.82, 2.24) is 4.90 Å². The fourth-order valence-electron chi connectivity index (χ4n) is 3.23. The van der Waals surface area contributed by atoms with Gasteiger partial charge in [-0.15, -0.1) is 0 Å². The second-order valence-electron chi connectivity index (χ2n) is 6.37. The molecular formula is C21H18FNO6. The highest BCUT2D eigenvalue weighted by Gasteiger charge is 2.44. The third-order valence-electron chi connectivity index (χ3n) is 4.75. The zero-order valence-electron chi connectivity index (χ0n) is 15.9. The number of carbonyl (C=O) groups excluding carboxylic acids is 3. The summed E-state index contributed by atoms with van der Waals surface area (Å²) in [6.45, 7) is 0. The van der Waals surface area contributed by atoms with Gasteiger partial charge in [-0.05, 0) is 35.9 Å². The Morgan fingerprint density at radius 3 is 2.24 bits per heavy atom. The minimum atomic E-state index is -0.896. The normalized spacial score (nSPS) is 18.1. The number of likely N-dealkylation sites (N-methyl/N-ethyl adjacent to an activating group) is 1. The highest BCUT2D eigenvalue weighted by molar-refractivity contribution is 6.46. The number of aliphatic hydroxyl groups is 1. The number of hydrogen-bond acceptors (Lipinski definition) is 6. The lowest BCUT2D eigenvalue weighted by molar-refractivity contribution is -0.139. The van der Waals surface area contributed by atoms with Crippen LogP contribution in [0.2, 0.25) is 0 Å². The predicted octanol–water partition coefficient (Wildman–Crippen LogP) is 2.67. The molecule has 1 heterocycles. The van der Waals surface area contributed by atoms with Crippen molar-refractivity contribution in [2.24, 2.45) is 0 Å². The van der Waals surface area contributed by atoms with Gasteiger partial charge in [0.2, 0.25) is 0 Å². The molecule has 8 heteroatoms. The number of likely N-dealkylation sites (tertiary alicyclic amines) is 1. The van der Waals surface area contributed by atoms with Crippen molar-refractivity contribution in [3.63, 3.8) is 0 Å². The lowest BCUT2D eigenvalue weighted by atomic mass is 9.94. The van der Waals surface area contributed by atoms with Crippen molar-refractivity contribution in [3.05, 3.63) is 70.5 Å². The van der Waals surface area contributed by atoms with E-state index in [-0.39, 0.29) is 16.9 Å². The van der Waals surface area contributed by atoms with Crippen LogP contribution in [0, 0.1) is 5.82 Å². The number of esters is 1. The summed E-state index contributed by atoms with van der Waals surface area (Å²) in [5, 5.41) is 10.7. The Bertz CT molecular complexity index is 1030. The van der Waals surface area contributed by atoms with Crippen LogP contribution in [-0.4, -0.2) is 48.9 Å². The lowest BCUT2D eigenvalue weighted by Gasteiger charge is -2.21. The van der Waals surface area contributed by atoms with Gasteiger partial charge in [0.25, 0.3) is 11.7 Å². The Kier molecular flexibility index (Phi) is 5.36. The summed E-state index contributed by atoms with van der Waals surface area (Å²) in [5.41, 5.74) is 0.648. The van der Waals surface area contributed by atoms with Crippen LogP contribution in [0.5, 0.6) is 5.75 Å². The van der Waals surface area contributed by atoms with E-state index in [2.05, 4.69) is 4.74 Å². The molecule has 1 atom stereocenters. The number of amides is 1. The monoisotopic (exact) mass is 399 g/mol. The van der Waals surface area contributed by atoms with Gasteiger partial charge in [0.05, 0.1) is 31.4 Å². The molecule has 7 nitrogen and oxygen atoms in total. The summed E-state index contributed by atoms with van der Waals surface area (Å²) < 4.78 is 23.6. The summed E-state index contributed by atoms with van der Waals surface area (Å²) in [6, 6.07) is 8.92. The fourth-order valence-corrected chi connectivity index (χ4v) is 3.23. The van der Waals surface area contributed by atoms with Gasteiger partial charge in [0.15, 0.2) is 11.6 Å². The van der Waals surface area contributed by atoms with Gasteiger partial charge in [0, 0.05) is 12.6 Å². The Labute approximate surface area is 166 Å².